The number of hydrogen-bond acceptors (Lipinski definition) is 3. The molecule has 1 aromatic carbocycles. The Hall–Kier alpha value is -1.47. The number of piperidine rings is 1. The molecule has 0 aromatic heterocycles. The Morgan fingerprint density at radius 2 is 1.92 bits per heavy atom. The first-order valence-electron chi connectivity index (χ1n) is 8.17. The van der Waals surface area contributed by atoms with Crippen molar-refractivity contribution in [3.8, 4) is 0 Å². The van der Waals surface area contributed by atoms with Gasteiger partial charge in [0.05, 0.1) is 24.7 Å². The lowest BCUT2D eigenvalue weighted by Crippen LogP contribution is -2.49. The highest BCUT2D eigenvalue weighted by Gasteiger charge is 2.32. The van der Waals surface area contributed by atoms with Crippen LogP contribution in [-0.2, 0) is 9.53 Å². The van der Waals surface area contributed by atoms with Gasteiger partial charge in [0.15, 0.2) is 0 Å². The highest BCUT2D eigenvalue weighted by atomic mass is 79.9. The first kappa shape index (κ1) is 17.4. The third kappa shape index (κ3) is 3.78. The normalized spacial score (nSPS) is 21.7. The summed E-state index contributed by atoms with van der Waals surface area (Å²) in [6.07, 6.45) is 1.52. The number of carbonyl (C=O) groups is 2. The minimum atomic E-state index is -0.537. The number of benzene rings is 1. The van der Waals surface area contributed by atoms with E-state index in [9.17, 15) is 14.0 Å². The van der Waals surface area contributed by atoms with Crippen LogP contribution in [0.2, 0.25) is 0 Å². The third-order valence-electron chi connectivity index (χ3n) is 4.54. The Morgan fingerprint density at radius 3 is 2.67 bits per heavy atom. The van der Waals surface area contributed by atoms with Gasteiger partial charge < -0.3 is 14.5 Å². The van der Waals surface area contributed by atoms with Crippen LogP contribution >= 0.6 is 15.9 Å². The monoisotopic (exact) mass is 398 g/mol. The lowest BCUT2D eigenvalue weighted by atomic mass is 9.95. The highest BCUT2D eigenvalue weighted by molar-refractivity contribution is 9.10. The van der Waals surface area contributed by atoms with Crippen LogP contribution in [0.25, 0.3) is 0 Å². The number of likely N-dealkylation sites (tertiary alicyclic amines) is 1. The Morgan fingerprint density at radius 1 is 1.17 bits per heavy atom. The molecule has 5 nitrogen and oxygen atoms in total. The maximum atomic E-state index is 14.0. The summed E-state index contributed by atoms with van der Waals surface area (Å²) in [6, 6.07) is 4.33. The van der Waals surface area contributed by atoms with Crippen LogP contribution in [0, 0.1) is 11.7 Å². The van der Waals surface area contributed by atoms with Gasteiger partial charge in [0, 0.05) is 30.7 Å². The molecule has 0 radical (unpaired) electrons. The summed E-state index contributed by atoms with van der Waals surface area (Å²) in [5.41, 5.74) is 0.0452. The molecule has 130 valence electrons. The number of hydrogen-bond donors (Lipinski definition) is 0. The second-order valence-electron chi connectivity index (χ2n) is 6.15. The molecule has 1 unspecified atom stereocenters. The molecule has 1 aromatic rings. The molecule has 2 amide bonds. The number of halogens is 2. The van der Waals surface area contributed by atoms with Gasteiger partial charge in [0.2, 0.25) is 5.91 Å². The molecule has 3 rings (SSSR count). The fourth-order valence-corrected chi connectivity index (χ4v) is 3.60. The van der Waals surface area contributed by atoms with Gasteiger partial charge in [-0.25, -0.2) is 4.39 Å². The van der Waals surface area contributed by atoms with Crippen molar-refractivity contribution < 1.29 is 18.7 Å². The lowest BCUT2D eigenvalue weighted by Gasteiger charge is -2.36. The van der Waals surface area contributed by atoms with Gasteiger partial charge in [-0.3, -0.25) is 9.59 Å². The predicted octanol–water partition coefficient (Wildman–Crippen LogP) is 2.30. The molecule has 24 heavy (non-hydrogen) atoms. The number of nitrogens with zero attached hydrogens (tertiary/aromatic N) is 2. The van der Waals surface area contributed by atoms with E-state index in [1.54, 1.807) is 11.0 Å². The van der Waals surface area contributed by atoms with Gasteiger partial charge in [-0.05, 0) is 31.0 Å². The average molecular weight is 399 g/mol. The van der Waals surface area contributed by atoms with E-state index in [4.69, 9.17) is 4.74 Å². The quantitative estimate of drug-likeness (QED) is 0.767. The summed E-state index contributed by atoms with van der Waals surface area (Å²) in [5, 5.41) is 0. The fraction of sp³-hybridized carbons (Fsp3) is 0.529. The number of ether oxygens (including phenoxy) is 1. The largest absolute Gasteiger partial charge is 0.378 e. The molecule has 7 heteroatoms. The van der Waals surface area contributed by atoms with Crippen LogP contribution in [0.15, 0.2) is 22.7 Å². The van der Waals surface area contributed by atoms with Crippen molar-refractivity contribution in [2.75, 3.05) is 39.4 Å². The van der Waals surface area contributed by atoms with Crippen molar-refractivity contribution in [3.63, 3.8) is 0 Å². The molecule has 2 aliphatic heterocycles. The van der Waals surface area contributed by atoms with E-state index in [1.807, 2.05) is 4.90 Å². The van der Waals surface area contributed by atoms with Gasteiger partial charge in [0.1, 0.15) is 5.82 Å². The van der Waals surface area contributed by atoms with Crippen LogP contribution in [0.1, 0.15) is 23.2 Å². The van der Waals surface area contributed by atoms with Gasteiger partial charge in [-0.1, -0.05) is 15.9 Å². The number of carbonyl (C=O) groups excluding carboxylic acids is 2. The van der Waals surface area contributed by atoms with Crippen molar-refractivity contribution in [2.45, 2.75) is 12.8 Å². The summed E-state index contributed by atoms with van der Waals surface area (Å²) in [5.74, 6) is -1.03. The molecular weight excluding hydrogens is 379 g/mol. The van der Waals surface area contributed by atoms with Crippen molar-refractivity contribution >= 4 is 27.7 Å². The predicted molar refractivity (Wildman–Crippen MR) is 90.1 cm³/mol. The number of amides is 2. The van der Waals surface area contributed by atoms with Crippen LogP contribution in [0.3, 0.4) is 0 Å². The van der Waals surface area contributed by atoms with E-state index in [1.165, 1.54) is 12.1 Å². The van der Waals surface area contributed by atoms with E-state index in [0.717, 1.165) is 12.8 Å². The van der Waals surface area contributed by atoms with Crippen LogP contribution in [-0.4, -0.2) is 61.0 Å². The number of rotatable bonds is 2. The first-order valence-corrected chi connectivity index (χ1v) is 8.96. The maximum absolute atomic E-state index is 14.0. The van der Waals surface area contributed by atoms with Crippen molar-refractivity contribution in [2.24, 2.45) is 5.92 Å². The summed E-state index contributed by atoms with van der Waals surface area (Å²) in [4.78, 5) is 28.7. The first-order chi connectivity index (χ1) is 11.6. The third-order valence-corrected chi connectivity index (χ3v) is 5.03. The van der Waals surface area contributed by atoms with Gasteiger partial charge >= 0.3 is 0 Å². The van der Waals surface area contributed by atoms with Gasteiger partial charge in [-0.2, -0.15) is 0 Å². The minimum Gasteiger partial charge on any atom is -0.378 e. The number of morpholine rings is 1. The SMILES string of the molecule is O=C(c1cc(Br)ccc1F)N1CCCC(C(=O)N2CCOCC2)C1. The Kier molecular flexibility index (Phi) is 5.50. The summed E-state index contributed by atoms with van der Waals surface area (Å²) >= 11 is 3.27. The highest BCUT2D eigenvalue weighted by Crippen LogP contribution is 2.23. The molecule has 2 saturated heterocycles. The molecular formula is C17H20BrFN2O3. The molecule has 0 bridgehead atoms. The van der Waals surface area contributed by atoms with E-state index in [-0.39, 0.29) is 23.3 Å². The molecule has 0 aliphatic carbocycles. The topological polar surface area (TPSA) is 49.9 Å². The summed E-state index contributed by atoms with van der Waals surface area (Å²) < 4.78 is 19.9. The molecule has 2 aliphatic rings. The zero-order valence-corrected chi connectivity index (χ0v) is 14.9. The van der Waals surface area contributed by atoms with Crippen molar-refractivity contribution in [1.29, 1.82) is 0 Å². The van der Waals surface area contributed by atoms with Crippen LogP contribution in [0.4, 0.5) is 4.39 Å². The van der Waals surface area contributed by atoms with Crippen molar-refractivity contribution in [3.05, 3.63) is 34.1 Å². The maximum Gasteiger partial charge on any atom is 0.256 e. The average Bonchev–Trinajstić information content (AvgIpc) is 2.63. The Bertz CT molecular complexity index is 634. The van der Waals surface area contributed by atoms with E-state index < -0.39 is 5.82 Å². The zero-order chi connectivity index (χ0) is 17.1. The second kappa shape index (κ2) is 7.61. The molecule has 0 spiro atoms. The zero-order valence-electron chi connectivity index (χ0n) is 13.3. The van der Waals surface area contributed by atoms with Crippen molar-refractivity contribution in [1.82, 2.24) is 9.80 Å². The lowest BCUT2D eigenvalue weighted by molar-refractivity contribution is -0.141. The summed E-state index contributed by atoms with van der Waals surface area (Å²) in [7, 11) is 0. The second-order valence-corrected chi connectivity index (χ2v) is 7.07. The smallest absolute Gasteiger partial charge is 0.256 e. The minimum absolute atomic E-state index is 0.0452. The van der Waals surface area contributed by atoms with Crippen LogP contribution < -0.4 is 0 Å². The van der Waals surface area contributed by atoms with Gasteiger partial charge in [0.25, 0.3) is 5.91 Å². The molecule has 0 saturated carbocycles. The van der Waals surface area contributed by atoms with E-state index in [0.29, 0.717) is 43.9 Å². The standard InChI is InChI=1S/C17H20BrFN2O3/c18-13-3-4-15(19)14(10-13)17(23)21-5-1-2-12(11-21)16(22)20-6-8-24-9-7-20/h3-4,10,12H,1-2,5-9,11H2. The molecule has 2 fully saturated rings. The molecule has 1 atom stereocenters. The molecule has 0 N–H and O–H groups in total. The Labute approximate surface area is 148 Å². The fourth-order valence-electron chi connectivity index (χ4n) is 3.24. The van der Waals surface area contributed by atoms with E-state index >= 15 is 0 Å². The van der Waals surface area contributed by atoms with E-state index in [2.05, 4.69) is 15.9 Å². The van der Waals surface area contributed by atoms with Gasteiger partial charge in [-0.15, -0.1) is 0 Å². The molecule has 2 heterocycles. The van der Waals surface area contributed by atoms with Crippen LogP contribution in [0.5, 0.6) is 0 Å². The summed E-state index contributed by atoms with van der Waals surface area (Å²) in [6.45, 7) is 3.22. The Balaban J connectivity index is 1.69.